The Balaban J connectivity index is 1.63. The average Bonchev–Trinajstić information content (AvgIpc) is 2.87. The Labute approximate surface area is 126 Å². The van der Waals surface area contributed by atoms with E-state index < -0.39 is 6.10 Å². The number of hydrogen-bond acceptors (Lipinski definition) is 4. The summed E-state index contributed by atoms with van der Waals surface area (Å²) in [6, 6.07) is 0. The molecule has 1 aromatic heterocycles. The first-order valence-corrected chi connectivity index (χ1v) is 8.62. The van der Waals surface area contributed by atoms with Gasteiger partial charge in [-0.15, -0.1) is 0 Å². The second-order valence-electron chi connectivity index (χ2n) is 7.91. The highest BCUT2D eigenvalue weighted by Gasteiger charge is 2.53. The minimum atomic E-state index is -0.431. The second kappa shape index (κ2) is 4.80. The normalized spacial score (nSPS) is 40.4. The minimum Gasteiger partial charge on any atom is -0.393 e. The van der Waals surface area contributed by atoms with Crippen molar-refractivity contribution in [2.45, 2.75) is 76.2 Å². The number of rotatable bonds is 4. The standard InChI is InChI=1S/C17H26N2O2/c1-3-14(10(2)20)15-18-16(19-21-15)17-7-11-4-12(8-17)6-13(5-11)9-17/h10-14,20H,3-9H2,1-2H3. The molecule has 2 atom stereocenters. The van der Waals surface area contributed by atoms with E-state index >= 15 is 0 Å². The smallest absolute Gasteiger partial charge is 0.232 e. The van der Waals surface area contributed by atoms with Crippen LogP contribution in [0, 0.1) is 17.8 Å². The summed E-state index contributed by atoms with van der Waals surface area (Å²) in [6.45, 7) is 3.87. The Bertz CT molecular complexity index is 487. The molecule has 0 amide bonds. The molecule has 0 saturated heterocycles. The summed E-state index contributed by atoms with van der Waals surface area (Å²) in [6.07, 6.45) is 8.44. The van der Waals surface area contributed by atoms with Crippen LogP contribution in [0.25, 0.3) is 0 Å². The van der Waals surface area contributed by atoms with Gasteiger partial charge in [-0.2, -0.15) is 4.98 Å². The fraction of sp³-hybridized carbons (Fsp3) is 0.882. The van der Waals surface area contributed by atoms with Gasteiger partial charge in [0.1, 0.15) is 0 Å². The van der Waals surface area contributed by atoms with Crippen molar-refractivity contribution in [1.29, 1.82) is 0 Å². The van der Waals surface area contributed by atoms with Crippen LogP contribution in [0.15, 0.2) is 4.52 Å². The van der Waals surface area contributed by atoms with Crippen molar-refractivity contribution in [3.05, 3.63) is 11.7 Å². The Hall–Kier alpha value is -0.900. The first kappa shape index (κ1) is 13.7. The molecule has 0 aliphatic heterocycles. The lowest BCUT2D eigenvalue weighted by Gasteiger charge is -2.55. The van der Waals surface area contributed by atoms with Gasteiger partial charge in [0.05, 0.1) is 12.0 Å². The van der Waals surface area contributed by atoms with Gasteiger partial charge < -0.3 is 9.63 Å². The van der Waals surface area contributed by atoms with E-state index in [2.05, 4.69) is 12.1 Å². The average molecular weight is 290 g/mol. The lowest BCUT2D eigenvalue weighted by molar-refractivity contribution is -0.0103. The molecule has 2 unspecified atom stereocenters. The molecule has 1 N–H and O–H groups in total. The number of hydrogen-bond donors (Lipinski definition) is 1. The molecule has 4 bridgehead atoms. The van der Waals surface area contributed by atoms with Crippen molar-refractivity contribution in [2.24, 2.45) is 17.8 Å². The van der Waals surface area contributed by atoms with Crippen molar-refractivity contribution in [2.75, 3.05) is 0 Å². The number of aliphatic hydroxyl groups excluding tert-OH is 1. The van der Waals surface area contributed by atoms with Crippen molar-refractivity contribution in [1.82, 2.24) is 10.1 Å². The molecule has 21 heavy (non-hydrogen) atoms. The van der Waals surface area contributed by atoms with Gasteiger partial charge in [0.15, 0.2) is 5.82 Å². The zero-order valence-corrected chi connectivity index (χ0v) is 13.1. The molecule has 0 aromatic carbocycles. The van der Waals surface area contributed by atoms with E-state index in [-0.39, 0.29) is 11.3 Å². The number of nitrogens with zero attached hydrogens (tertiary/aromatic N) is 2. The SMILES string of the molecule is CCC(c1nc(C23CC4CC(CC(C4)C2)C3)no1)C(C)O. The first-order valence-electron chi connectivity index (χ1n) is 8.62. The van der Waals surface area contributed by atoms with E-state index in [1.54, 1.807) is 0 Å². The van der Waals surface area contributed by atoms with E-state index in [1.165, 1.54) is 38.5 Å². The van der Waals surface area contributed by atoms with Gasteiger partial charge in [-0.05, 0) is 69.6 Å². The summed E-state index contributed by atoms with van der Waals surface area (Å²) in [5.74, 6) is 4.21. The molecular formula is C17H26N2O2. The number of aromatic nitrogens is 2. The quantitative estimate of drug-likeness (QED) is 0.923. The van der Waals surface area contributed by atoms with Crippen LogP contribution in [0.2, 0.25) is 0 Å². The summed E-state index contributed by atoms with van der Waals surface area (Å²) < 4.78 is 5.55. The Morgan fingerprint density at radius 1 is 1.19 bits per heavy atom. The highest BCUT2D eigenvalue weighted by molar-refractivity contribution is 5.17. The molecule has 116 valence electrons. The monoisotopic (exact) mass is 290 g/mol. The third-order valence-electron chi connectivity index (χ3n) is 6.29. The van der Waals surface area contributed by atoms with E-state index in [1.807, 2.05) is 6.92 Å². The second-order valence-corrected chi connectivity index (χ2v) is 7.91. The maximum Gasteiger partial charge on any atom is 0.232 e. The summed E-state index contributed by atoms with van der Waals surface area (Å²) in [5, 5.41) is 14.2. The molecule has 5 rings (SSSR count). The van der Waals surface area contributed by atoms with Crippen LogP contribution in [0.5, 0.6) is 0 Å². The van der Waals surface area contributed by atoms with Crippen molar-refractivity contribution < 1.29 is 9.63 Å². The van der Waals surface area contributed by atoms with Gasteiger partial charge in [0, 0.05) is 5.41 Å². The van der Waals surface area contributed by atoms with Gasteiger partial charge in [0.2, 0.25) is 5.89 Å². The molecule has 4 aliphatic carbocycles. The fourth-order valence-electron chi connectivity index (χ4n) is 5.71. The van der Waals surface area contributed by atoms with Gasteiger partial charge in [0.25, 0.3) is 0 Å². The third-order valence-corrected chi connectivity index (χ3v) is 6.29. The summed E-state index contributed by atoms with van der Waals surface area (Å²) in [4.78, 5) is 4.75. The predicted molar refractivity (Wildman–Crippen MR) is 78.9 cm³/mol. The molecule has 4 saturated carbocycles. The van der Waals surface area contributed by atoms with Gasteiger partial charge in [-0.25, -0.2) is 0 Å². The van der Waals surface area contributed by atoms with Crippen molar-refractivity contribution >= 4 is 0 Å². The van der Waals surface area contributed by atoms with Crippen LogP contribution in [0.1, 0.15) is 76.4 Å². The van der Waals surface area contributed by atoms with Crippen LogP contribution >= 0.6 is 0 Å². The van der Waals surface area contributed by atoms with Crippen LogP contribution in [0.4, 0.5) is 0 Å². The van der Waals surface area contributed by atoms with Gasteiger partial charge in [-0.1, -0.05) is 12.1 Å². The lowest BCUT2D eigenvalue weighted by atomic mass is 9.49. The zero-order valence-electron chi connectivity index (χ0n) is 13.1. The largest absolute Gasteiger partial charge is 0.393 e. The van der Waals surface area contributed by atoms with Crippen LogP contribution in [-0.4, -0.2) is 21.4 Å². The molecule has 0 radical (unpaired) electrons. The van der Waals surface area contributed by atoms with Crippen molar-refractivity contribution in [3.8, 4) is 0 Å². The highest BCUT2D eigenvalue weighted by atomic mass is 16.5. The molecule has 4 fully saturated rings. The molecule has 0 spiro atoms. The van der Waals surface area contributed by atoms with Crippen LogP contribution in [-0.2, 0) is 5.41 Å². The number of aliphatic hydroxyl groups is 1. The van der Waals surface area contributed by atoms with E-state index in [9.17, 15) is 5.11 Å². The van der Waals surface area contributed by atoms with E-state index in [0.29, 0.717) is 5.89 Å². The summed E-state index contributed by atoms with van der Waals surface area (Å²) in [5.41, 5.74) is 0.188. The summed E-state index contributed by atoms with van der Waals surface area (Å²) in [7, 11) is 0. The topological polar surface area (TPSA) is 59.2 Å². The first-order chi connectivity index (χ1) is 10.1. The Kier molecular flexibility index (Phi) is 3.14. The molecule has 1 aromatic rings. The fourth-order valence-corrected chi connectivity index (χ4v) is 5.71. The van der Waals surface area contributed by atoms with E-state index in [4.69, 9.17) is 9.51 Å². The van der Waals surface area contributed by atoms with Gasteiger partial charge >= 0.3 is 0 Å². The third kappa shape index (κ3) is 2.14. The van der Waals surface area contributed by atoms with Gasteiger partial charge in [-0.3, -0.25) is 0 Å². The van der Waals surface area contributed by atoms with E-state index in [0.717, 1.165) is 30.0 Å². The summed E-state index contributed by atoms with van der Waals surface area (Å²) >= 11 is 0. The minimum absolute atomic E-state index is 0.0276. The maximum atomic E-state index is 9.88. The zero-order chi connectivity index (χ0) is 14.6. The molecular weight excluding hydrogens is 264 g/mol. The van der Waals surface area contributed by atoms with Crippen LogP contribution in [0.3, 0.4) is 0 Å². The lowest BCUT2D eigenvalue weighted by Crippen LogP contribution is -2.49. The predicted octanol–water partition coefficient (Wildman–Crippen LogP) is 3.41. The molecule has 4 nitrogen and oxygen atoms in total. The maximum absolute atomic E-state index is 9.88. The van der Waals surface area contributed by atoms with Crippen LogP contribution < -0.4 is 0 Å². The highest BCUT2D eigenvalue weighted by Crippen LogP contribution is 2.60. The molecule has 4 aliphatic rings. The molecule has 4 heteroatoms. The molecule has 1 heterocycles. The Morgan fingerprint density at radius 3 is 2.24 bits per heavy atom. The Morgan fingerprint density at radius 2 is 1.76 bits per heavy atom. The van der Waals surface area contributed by atoms with Crippen molar-refractivity contribution in [3.63, 3.8) is 0 Å².